The molecule has 0 fully saturated rings. The summed E-state index contributed by atoms with van der Waals surface area (Å²) in [5.74, 6) is -0.509. The molecule has 18 heavy (non-hydrogen) atoms. The third-order valence-corrected chi connectivity index (χ3v) is 3.13. The van der Waals surface area contributed by atoms with Gasteiger partial charge in [0.2, 0.25) is 5.91 Å². The van der Waals surface area contributed by atoms with Gasteiger partial charge in [-0.15, -0.1) is 0 Å². The first-order valence-corrected chi connectivity index (χ1v) is 6.48. The van der Waals surface area contributed by atoms with Gasteiger partial charge in [0, 0.05) is 0 Å². The molecule has 1 rings (SSSR count). The standard InChI is InChI=1S/C15H20N2O/c1-2-3-4-5-6-14(15(17)18)13-9-7-12(11-16)8-10-13/h7-10,14H,2-6H2,1H3,(H2,17,18). The van der Waals surface area contributed by atoms with Crippen LogP contribution in [0.3, 0.4) is 0 Å². The highest BCUT2D eigenvalue weighted by Gasteiger charge is 2.17. The van der Waals surface area contributed by atoms with E-state index in [0.29, 0.717) is 5.56 Å². The highest BCUT2D eigenvalue weighted by Crippen LogP contribution is 2.22. The fraction of sp³-hybridized carbons (Fsp3) is 0.467. The summed E-state index contributed by atoms with van der Waals surface area (Å²) in [7, 11) is 0. The molecule has 3 nitrogen and oxygen atoms in total. The summed E-state index contributed by atoms with van der Waals surface area (Å²) in [5.41, 5.74) is 6.97. The molecule has 0 aliphatic heterocycles. The van der Waals surface area contributed by atoms with Gasteiger partial charge in [0.25, 0.3) is 0 Å². The number of carbonyl (C=O) groups is 1. The van der Waals surface area contributed by atoms with E-state index in [1.165, 1.54) is 12.8 Å². The second-order valence-corrected chi connectivity index (χ2v) is 4.54. The molecule has 2 N–H and O–H groups in total. The molecule has 0 bridgehead atoms. The Balaban J connectivity index is 2.66. The molecule has 1 aromatic carbocycles. The fourth-order valence-corrected chi connectivity index (χ4v) is 2.04. The van der Waals surface area contributed by atoms with Crippen molar-refractivity contribution in [3.05, 3.63) is 35.4 Å². The van der Waals surface area contributed by atoms with Crippen molar-refractivity contribution in [2.75, 3.05) is 0 Å². The van der Waals surface area contributed by atoms with E-state index in [9.17, 15) is 4.79 Å². The first-order valence-electron chi connectivity index (χ1n) is 6.48. The van der Waals surface area contributed by atoms with Gasteiger partial charge in [-0.05, 0) is 24.1 Å². The molecule has 3 heteroatoms. The van der Waals surface area contributed by atoms with Crippen molar-refractivity contribution in [2.45, 2.75) is 44.9 Å². The van der Waals surface area contributed by atoms with Crippen LogP contribution in [-0.2, 0) is 4.79 Å². The zero-order valence-corrected chi connectivity index (χ0v) is 10.9. The summed E-state index contributed by atoms with van der Waals surface area (Å²) in [5, 5.41) is 8.74. The van der Waals surface area contributed by atoms with Crippen molar-refractivity contribution in [2.24, 2.45) is 5.73 Å². The van der Waals surface area contributed by atoms with Crippen LogP contribution in [-0.4, -0.2) is 5.91 Å². The SMILES string of the molecule is CCCCCCC(C(N)=O)c1ccc(C#N)cc1. The molecular formula is C15H20N2O. The Morgan fingerprint density at radius 3 is 2.44 bits per heavy atom. The normalized spacial score (nSPS) is 11.8. The van der Waals surface area contributed by atoms with Gasteiger partial charge in [-0.1, -0.05) is 44.7 Å². The summed E-state index contributed by atoms with van der Waals surface area (Å²) >= 11 is 0. The van der Waals surface area contributed by atoms with E-state index in [1.54, 1.807) is 12.1 Å². The smallest absolute Gasteiger partial charge is 0.224 e. The third kappa shape index (κ3) is 4.21. The van der Waals surface area contributed by atoms with Gasteiger partial charge in [-0.25, -0.2) is 0 Å². The maximum atomic E-state index is 11.5. The second kappa shape index (κ2) is 7.50. The van der Waals surface area contributed by atoms with Crippen molar-refractivity contribution in [3.8, 4) is 6.07 Å². The van der Waals surface area contributed by atoms with Gasteiger partial charge in [-0.3, -0.25) is 4.79 Å². The topological polar surface area (TPSA) is 66.9 Å². The minimum atomic E-state index is -0.281. The molecular weight excluding hydrogens is 224 g/mol. The van der Waals surface area contributed by atoms with Gasteiger partial charge in [-0.2, -0.15) is 5.26 Å². The van der Waals surface area contributed by atoms with Gasteiger partial charge in [0.05, 0.1) is 17.6 Å². The average molecular weight is 244 g/mol. The molecule has 0 saturated carbocycles. The number of benzene rings is 1. The molecule has 1 aromatic rings. The first-order chi connectivity index (χ1) is 8.69. The lowest BCUT2D eigenvalue weighted by Crippen LogP contribution is -2.21. The van der Waals surface area contributed by atoms with Crippen molar-refractivity contribution in [1.29, 1.82) is 5.26 Å². The van der Waals surface area contributed by atoms with Crippen LogP contribution in [0.2, 0.25) is 0 Å². The molecule has 0 aromatic heterocycles. The Bertz CT molecular complexity index is 417. The highest BCUT2D eigenvalue weighted by atomic mass is 16.1. The molecule has 0 aliphatic rings. The molecule has 0 saturated heterocycles. The van der Waals surface area contributed by atoms with E-state index in [1.807, 2.05) is 12.1 Å². The summed E-state index contributed by atoms with van der Waals surface area (Å²) in [6.07, 6.45) is 5.32. The molecule has 0 heterocycles. The highest BCUT2D eigenvalue weighted by molar-refractivity contribution is 5.81. The number of primary amides is 1. The van der Waals surface area contributed by atoms with Crippen LogP contribution >= 0.6 is 0 Å². The Labute approximate surface area is 109 Å². The molecule has 0 aliphatic carbocycles. The number of hydrogen-bond donors (Lipinski definition) is 1. The Hall–Kier alpha value is -1.82. The molecule has 0 radical (unpaired) electrons. The van der Waals surface area contributed by atoms with Crippen LogP contribution in [0.4, 0.5) is 0 Å². The van der Waals surface area contributed by atoms with Gasteiger partial charge in [0.1, 0.15) is 0 Å². The molecule has 0 spiro atoms. The third-order valence-electron chi connectivity index (χ3n) is 3.13. The lowest BCUT2D eigenvalue weighted by Gasteiger charge is -2.13. The van der Waals surface area contributed by atoms with E-state index in [0.717, 1.165) is 24.8 Å². The summed E-state index contributed by atoms with van der Waals surface area (Å²) < 4.78 is 0. The van der Waals surface area contributed by atoms with E-state index in [2.05, 4.69) is 13.0 Å². The zero-order chi connectivity index (χ0) is 13.4. The van der Waals surface area contributed by atoms with Crippen molar-refractivity contribution in [1.82, 2.24) is 0 Å². The number of unbranched alkanes of at least 4 members (excludes halogenated alkanes) is 3. The average Bonchev–Trinajstić information content (AvgIpc) is 2.39. The lowest BCUT2D eigenvalue weighted by molar-refractivity contribution is -0.119. The van der Waals surface area contributed by atoms with Crippen molar-refractivity contribution >= 4 is 5.91 Å². The monoisotopic (exact) mass is 244 g/mol. The molecule has 96 valence electrons. The number of amides is 1. The molecule has 1 amide bonds. The number of rotatable bonds is 7. The van der Waals surface area contributed by atoms with Crippen LogP contribution in [0, 0.1) is 11.3 Å². The maximum absolute atomic E-state index is 11.5. The minimum absolute atomic E-state index is 0.227. The quantitative estimate of drug-likeness (QED) is 0.749. The van der Waals surface area contributed by atoms with Crippen LogP contribution in [0.1, 0.15) is 56.1 Å². The first kappa shape index (κ1) is 14.2. The summed E-state index contributed by atoms with van der Waals surface area (Å²) in [6, 6.07) is 9.19. The van der Waals surface area contributed by atoms with Crippen LogP contribution in [0.15, 0.2) is 24.3 Å². The molecule has 1 unspecified atom stereocenters. The number of nitriles is 1. The number of nitrogens with zero attached hydrogens (tertiary/aromatic N) is 1. The Kier molecular flexibility index (Phi) is 5.93. The van der Waals surface area contributed by atoms with Crippen LogP contribution in [0.25, 0.3) is 0 Å². The maximum Gasteiger partial charge on any atom is 0.224 e. The fourth-order valence-electron chi connectivity index (χ4n) is 2.04. The van der Waals surface area contributed by atoms with Crippen molar-refractivity contribution in [3.63, 3.8) is 0 Å². The lowest BCUT2D eigenvalue weighted by atomic mass is 9.92. The number of hydrogen-bond acceptors (Lipinski definition) is 2. The Morgan fingerprint density at radius 1 is 1.28 bits per heavy atom. The predicted molar refractivity (Wildman–Crippen MR) is 71.9 cm³/mol. The van der Waals surface area contributed by atoms with Gasteiger partial charge in [0.15, 0.2) is 0 Å². The van der Waals surface area contributed by atoms with E-state index >= 15 is 0 Å². The second-order valence-electron chi connectivity index (χ2n) is 4.54. The largest absolute Gasteiger partial charge is 0.369 e. The van der Waals surface area contributed by atoms with Crippen LogP contribution < -0.4 is 5.73 Å². The van der Waals surface area contributed by atoms with Gasteiger partial charge >= 0.3 is 0 Å². The van der Waals surface area contributed by atoms with Crippen molar-refractivity contribution < 1.29 is 4.79 Å². The van der Waals surface area contributed by atoms with E-state index in [4.69, 9.17) is 11.0 Å². The van der Waals surface area contributed by atoms with E-state index < -0.39 is 0 Å². The van der Waals surface area contributed by atoms with Crippen LogP contribution in [0.5, 0.6) is 0 Å². The van der Waals surface area contributed by atoms with E-state index in [-0.39, 0.29) is 11.8 Å². The number of carbonyl (C=O) groups excluding carboxylic acids is 1. The Morgan fingerprint density at radius 2 is 1.94 bits per heavy atom. The number of nitrogens with two attached hydrogens (primary N) is 1. The van der Waals surface area contributed by atoms with Gasteiger partial charge < -0.3 is 5.73 Å². The summed E-state index contributed by atoms with van der Waals surface area (Å²) in [6.45, 7) is 2.16. The zero-order valence-electron chi connectivity index (χ0n) is 10.9. The molecule has 1 atom stereocenters. The minimum Gasteiger partial charge on any atom is -0.369 e. The summed E-state index contributed by atoms with van der Waals surface area (Å²) in [4.78, 5) is 11.5. The predicted octanol–water partition coefficient (Wildman–Crippen LogP) is 3.10.